The Morgan fingerprint density at radius 1 is 0.486 bits per heavy atom. The molecule has 1 aliphatic rings. The minimum Gasteiger partial charge on any atom is -0.394 e. The van der Waals surface area contributed by atoms with Crippen LogP contribution in [0.1, 0.15) is 290 Å². The van der Waals surface area contributed by atoms with Crippen LogP contribution >= 0.6 is 0 Å². The van der Waals surface area contributed by atoms with Crippen molar-refractivity contribution >= 4 is 5.91 Å². The van der Waals surface area contributed by atoms with Gasteiger partial charge >= 0.3 is 0 Å². The van der Waals surface area contributed by atoms with E-state index in [1.165, 1.54) is 199 Å². The lowest BCUT2D eigenvalue weighted by Crippen LogP contribution is -2.60. The summed E-state index contributed by atoms with van der Waals surface area (Å²) >= 11 is 0. The number of unbranched alkanes of at least 4 members (excludes halogenated alkanes) is 38. The van der Waals surface area contributed by atoms with Crippen LogP contribution in [0.3, 0.4) is 0 Å². The van der Waals surface area contributed by atoms with Gasteiger partial charge in [0.1, 0.15) is 36.6 Å². The zero-order valence-corrected chi connectivity index (χ0v) is 45.5. The van der Waals surface area contributed by atoms with E-state index in [0.29, 0.717) is 19.3 Å². The summed E-state index contributed by atoms with van der Waals surface area (Å²) in [4.78, 5) is 13.2. The SMILES string of the molecule is CCCCCCCCCC/C=C\CCCCCCCCC(O)C(=O)NC(COC1OC(CO)C(O)C(O)C1O)C(O)C(O)CCCCCCCCCCCCCCCCCCCCCCCCCCC. The first-order chi connectivity index (χ1) is 34.2. The number of ether oxygens (including phenoxy) is 2. The number of aliphatic hydroxyl groups excluding tert-OH is 7. The lowest BCUT2D eigenvalue weighted by molar-refractivity contribution is -0.303. The normalized spacial score (nSPS) is 20.3. The molecule has 1 heterocycles. The monoisotopic (exact) mass is 998 g/mol. The highest BCUT2D eigenvalue weighted by Crippen LogP contribution is 2.24. The van der Waals surface area contributed by atoms with Crippen molar-refractivity contribution in [3.63, 3.8) is 0 Å². The second kappa shape index (κ2) is 48.8. The predicted octanol–water partition coefficient (Wildman–Crippen LogP) is 12.7. The lowest BCUT2D eigenvalue weighted by Gasteiger charge is -2.40. The standard InChI is InChI=1S/C59H115NO10/c1-3-5-7-9-11-13-15-17-19-21-23-24-25-26-27-28-29-31-32-34-36-38-40-42-44-46-51(62)54(64)50(49-69-59-57(67)56(66)55(65)53(48-61)70-59)60-58(68)52(63)47-45-43-41-39-37-35-33-30-22-20-18-16-14-12-10-8-6-4-2/h22,30,50-57,59,61-67H,3-21,23-29,31-49H2,1-2H3,(H,60,68)/b30-22-. The van der Waals surface area contributed by atoms with E-state index >= 15 is 0 Å². The molecular formula is C59H115NO10. The summed E-state index contributed by atoms with van der Waals surface area (Å²) in [5, 5.41) is 76.2. The summed E-state index contributed by atoms with van der Waals surface area (Å²) in [5.41, 5.74) is 0. The molecule has 1 aliphatic heterocycles. The Labute approximate surface area is 430 Å². The highest BCUT2D eigenvalue weighted by molar-refractivity contribution is 5.80. The average molecular weight is 999 g/mol. The summed E-state index contributed by atoms with van der Waals surface area (Å²) in [6.45, 7) is 3.49. The zero-order valence-electron chi connectivity index (χ0n) is 45.5. The first kappa shape index (κ1) is 66.9. The second-order valence-corrected chi connectivity index (χ2v) is 21.4. The molecule has 0 spiro atoms. The van der Waals surface area contributed by atoms with Crippen molar-refractivity contribution < 1.29 is 50.0 Å². The van der Waals surface area contributed by atoms with Gasteiger partial charge in [0.05, 0.1) is 25.4 Å². The number of aliphatic hydroxyl groups is 7. The van der Waals surface area contributed by atoms with Crippen molar-refractivity contribution in [3.8, 4) is 0 Å². The number of allylic oxidation sites excluding steroid dienone is 2. The van der Waals surface area contributed by atoms with Gasteiger partial charge in [-0.2, -0.15) is 0 Å². The Hall–Kier alpha value is -1.15. The van der Waals surface area contributed by atoms with Crippen LogP contribution in [0.4, 0.5) is 0 Å². The van der Waals surface area contributed by atoms with Gasteiger partial charge in [-0.25, -0.2) is 0 Å². The Morgan fingerprint density at radius 2 is 0.829 bits per heavy atom. The minimum absolute atomic E-state index is 0.256. The summed E-state index contributed by atoms with van der Waals surface area (Å²) in [5.74, 6) is -0.697. The second-order valence-electron chi connectivity index (χ2n) is 21.4. The van der Waals surface area contributed by atoms with E-state index in [1.54, 1.807) is 0 Å². The third-order valence-electron chi connectivity index (χ3n) is 14.8. The third kappa shape index (κ3) is 36.7. The number of rotatable bonds is 52. The highest BCUT2D eigenvalue weighted by atomic mass is 16.7. The average Bonchev–Trinajstić information content (AvgIpc) is 3.36. The Bertz CT molecular complexity index is 1140. The number of hydrogen-bond donors (Lipinski definition) is 8. The fourth-order valence-corrected chi connectivity index (χ4v) is 9.91. The van der Waals surface area contributed by atoms with Gasteiger partial charge in [0.25, 0.3) is 0 Å². The molecule has 1 saturated heterocycles. The molecular weight excluding hydrogens is 883 g/mol. The molecule has 1 fully saturated rings. The van der Waals surface area contributed by atoms with Crippen LogP contribution in [-0.4, -0.2) is 110 Å². The van der Waals surface area contributed by atoms with Crippen molar-refractivity contribution in [2.75, 3.05) is 13.2 Å². The largest absolute Gasteiger partial charge is 0.394 e. The molecule has 1 rings (SSSR count). The molecule has 9 unspecified atom stereocenters. The van der Waals surface area contributed by atoms with Crippen LogP contribution in [-0.2, 0) is 14.3 Å². The first-order valence-electron chi connectivity index (χ1n) is 30.1. The van der Waals surface area contributed by atoms with Gasteiger partial charge in [-0.15, -0.1) is 0 Å². The molecule has 0 aromatic heterocycles. The Kier molecular flexibility index (Phi) is 46.6. The summed E-state index contributed by atoms with van der Waals surface area (Å²) in [6, 6.07) is -1.17. The number of carbonyl (C=O) groups is 1. The van der Waals surface area contributed by atoms with E-state index in [0.717, 1.165) is 51.4 Å². The third-order valence-corrected chi connectivity index (χ3v) is 14.8. The molecule has 0 saturated carbocycles. The summed E-state index contributed by atoms with van der Waals surface area (Å²) in [7, 11) is 0. The molecule has 0 radical (unpaired) electrons. The molecule has 0 aliphatic carbocycles. The van der Waals surface area contributed by atoms with E-state index in [1.807, 2.05) is 0 Å². The quantitative estimate of drug-likeness (QED) is 0.0215. The van der Waals surface area contributed by atoms with Gasteiger partial charge in [0, 0.05) is 0 Å². The molecule has 70 heavy (non-hydrogen) atoms. The molecule has 1 amide bonds. The van der Waals surface area contributed by atoms with Gasteiger partial charge in [-0.05, 0) is 38.5 Å². The Balaban J connectivity index is 2.28. The van der Waals surface area contributed by atoms with Crippen molar-refractivity contribution in [1.82, 2.24) is 5.32 Å². The summed E-state index contributed by atoms with van der Waals surface area (Å²) < 4.78 is 11.2. The van der Waals surface area contributed by atoms with E-state index in [-0.39, 0.29) is 6.42 Å². The lowest BCUT2D eigenvalue weighted by atomic mass is 9.98. The maximum Gasteiger partial charge on any atom is 0.249 e. The van der Waals surface area contributed by atoms with Crippen LogP contribution in [0, 0.1) is 0 Å². The number of hydrogen-bond acceptors (Lipinski definition) is 10. The molecule has 9 atom stereocenters. The minimum atomic E-state index is -1.66. The number of amides is 1. The summed E-state index contributed by atoms with van der Waals surface area (Å²) in [6.07, 6.45) is 45.5. The van der Waals surface area contributed by atoms with Gasteiger partial charge in [0.15, 0.2) is 6.29 Å². The molecule has 416 valence electrons. The predicted molar refractivity (Wildman–Crippen MR) is 289 cm³/mol. The van der Waals surface area contributed by atoms with Crippen molar-refractivity contribution in [2.24, 2.45) is 0 Å². The molecule has 8 N–H and O–H groups in total. The fourth-order valence-electron chi connectivity index (χ4n) is 9.91. The molecule has 11 heteroatoms. The van der Waals surface area contributed by atoms with E-state index in [2.05, 4.69) is 31.3 Å². The molecule has 0 aromatic carbocycles. The van der Waals surface area contributed by atoms with Gasteiger partial charge in [0.2, 0.25) is 5.91 Å². The fraction of sp³-hybridized carbons (Fsp3) is 0.949. The van der Waals surface area contributed by atoms with Crippen LogP contribution < -0.4 is 5.32 Å². The van der Waals surface area contributed by atoms with Crippen LogP contribution in [0.5, 0.6) is 0 Å². The molecule has 11 nitrogen and oxygen atoms in total. The van der Waals surface area contributed by atoms with Crippen LogP contribution in [0.2, 0.25) is 0 Å². The highest BCUT2D eigenvalue weighted by Gasteiger charge is 2.44. The van der Waals surface area contributed by atoms with Crippen LogP contribution in [0.25, 0.3) is 0 Å². The van der Waals surface area contributed by atoms with Gasteiger partial charge in [-0.1, -0.05) is 264 Å². The maximum absolute atomic E-state index is 13.2. The van der Waals surface area contributed by atoms with Crippen molar-refractivity contribution in [1.29, 1.82) is 0 Å². The first-order valence-corrected chi connectivity index (χ1v) is 30.1. The number of carbonyl (C=O) groups excluding carboxylic acids is 1. The van der Waals surface area contributed by atoms with Gasteiger partial charge in [-0.3, -0.25) is 4.79 Å². The number of nitrogens with one attached hydrogen (secondary N) is 1. The Morgan fingerprint density at radius 3 is 1.20 bits per heavy atom. The van der Waals surface area contributed by atoms with Crippen molar-refractivity contribution in [2.45, 2.75) is 345 Å². The van der Waals surface area contributed by atoms with Gasteiger partial charge < -0.3 is 50.5 Å². The van der Waals surface area contributed by atoms with E-state index < -0.39 is 74.2 Å². The zero-order chi connectivity index (χ0) is 51.1. The molecule has 0 aromatic rings. The smallest absolute Gasteiger partial charge is 0.249 e. The van der Waals surface area contributed by atoms with E-state index in [9.17, 15) is 40.5 Å². The van der Waals surface area contributed by atoms with Crippen LogP contribution in [0.15, 0.2) is 12.2 Å². The van der Waals surface area contributed by atoms with E-state index in [4.69, 9.17) is 9.47 Å². The molecule has 0 bridgehead atoms. The topological polar surface area (TPSA) is 189 Å². The van der Waals surface area contributed by atoms with Crippen molar-refractivity contribution in [3.05, 3.63) is 12.2 Å². The maximum atomic E-state index is 13.2.